The number of hydrogen-bond donors (Lipinski definition) is 0. The minimum atomic E-state index is -5.27. The lowest BCUT2D eigenvalue weighted by Crippen LogP contribution is -2.13. The summed E-state index contributed by atoms with van der Waals surface area (Å²) >= 11 is 0. The summed E-state index contributed by atoms with van der Waals surface area (Å²) in [6.07, 6.45) is -21.1. The van der Waals surface area contributed by atoms with Gasteiger partial charge < -0.3 is 0 Å². The van der Waals surface area contributed by atoms with Gasteiger partial charge >= 0.3 is 24.7 Å². The fourth-order valence-electron chi connectivity index (χ4n) is 2.16. The van der Waals surface area contributed by atoms with Gasteiger partial charge in [-0.2, -0.15) is 52.7 Å². The Kier molecular flexibility index (Phi) is 5.49. The lowest BCUT2D eigenvalue weighted by atomic mass is 10.1. The van der Waals surface area contributed by atoms with Crippen LogP contribution in [0.1, 0.15) is 22.3 Å². The molecule has 0 aliphatic heterocycles. The SMILES string of the molecule is FC(F)(F)c1cc([N]c2cc(C(F)(F)F)cc(C(F)(F)F)c2)cc(C(F)(F)F)c1. The maximum Gasteiger partial charge on any atom is 0.416 e. The molecule has 0 bridgehead atoms. The first-order chi connectivity index (χ1) is 12.9. The van der Waals surface area contributed by atoms with Crippen LogP contribution >= 0.6 is 0 Å². The van der Waals surface area contributed by atoms with E-state index in [1.807, 2.05) is 0 Å². The molecule has 0 atom stereocenters. The van der Waals surface area contributed by atoms with E-state index >= 15 is 0 Å². The van der Waals surface area contributed by atoms with Crippen LogP contribution in [0.5, 0.6) is 0 Å². The highest BCUT2D eigenvalue weighted by Crippen LogP contribution is 2.40. The largest absolute Gasteiger partial charge is 0.416 e. The zero-order valence-corrected chi connectivity index (χ0v) is 13.4. The molecule has 0 aliphatic carbocycles. The van der Waals surface area contributed by atoms with Crippen LogP contribution in [-0.2, 0) is 24.7 Å². The Morgan fingerprint density at radius 3 is 0.759 bits per heavy atom. The monoisotopic (exact) mass is 440 g/mol. The van der Waals surface area contributed by atoms with Crippen LogP contribution in [0.25, 0.3) is 0 Å². The smallest absolute Gasteiger partial charge is 0.249 e. The number of rotatable bonds is 2. The van der Waals surface area contributed by atoms with Crippen molar-refractivity contribution in [1.82, 2.24) is 5.32 Å². The van der Waals surface area contributed by atoms with Crippen molar-refractivity contribution in [1.29, 1.82) is 0 Å². The molecule has 0 fully saturated rings. The van der Waals surface area contributed by atoms with E-state index in [0.717, 1.165) is 0 Å². The number of hydrogen-bond acceptors (Lipinski definition) is 0. The normalized spacial score (nSPS) is 13.5. The summed E-state index contributed by atoms with van der Waals surface area (Å²) in [4.78, 5) is 0. The predicted molar refractivity (Wildman–Crippen MR) is 74.3 cm³/mol. The van der Waals surface area contributed by atoms with Crippen molar-refractivity contribution >= 4 is 11.4 Å². The van der Waals surface area contributed by atoms with Gasteiger partial charge in [0.2, 0.25) is 0 Å². The van der Waals surface area contributed by atoms with Crippen LogP contribution in [0, 0.1) is 0 Å². The molecule has 1 radical (unpaired) electrons. The molecule has 0 aromatic heterocycles. The van der Waals surface area contributed by atoms with E-state index in [1.54, 1.807) is 0 Å². The first kappa shape index (κ1) is 22.7. The minimum Gasteiger partial charge on any atom is -0.249 e. The molecule has 0 heterocycles. The van der Waals surface area contributed by atoms with Crippen LogP contribution < -0.4 is 5.32 Å². The van der Waals surface area contributed by atoms with Crippen LogP contribution in [0.2, 0.25) is 0 Å². The Balaban J connectivity index is 2.61. The van der Waals surface area contributed by atoms with Gasteiger partial charge in [-0.05, 0) is 36.4 Å². The van der Waals surface area contributed by atoms with E-state index in [9.17, 15) is 52.7 Å². The average molecular weight is 440 g/mol. The lowest BCUT2D eigenvalue weighted by Gasteiger charge is -2.16. The fourth-order valence-corrected chi connectivity index (χ4v) is 2.16. The number of nitrogens with zero attached hydrogens (tertiary/aromatic N) is 1. The molecule has 0 aliphatic rings. The zero-order valence-electron chi connectivity index (χ0n) is 13.4. The molecule has 0 saturated heterocycles. The first-order valence-electron chi connectivity index (χ1n) is 7.18. The zero-order chi connectivity index (χ0) is 22.4. The summed E-state index contributed by atoms with van der Waals surface area (Å²) in [5, 5.41) is 3.14. The molecule has 0 saturated carbocycles. The van der Waals surface area contributed by atoms with Gasteiger partial charge in [0.05, 0.1) is 33.6 Å². The second-order valence-electron chi connectivity index (χ2n) is 5.64. The molecule has 0 amide bonds. The quantitative estimate of drug-likeness (QED) is 0.435. The molecular weight excluding hydrogens is 434 g/mol. The van der Waals surface area contributed by atoms with Gasteiger partial charge in [-0.15, -0.1) is 0 Å². The Morgan fingerprint density at radius 2 is 0.586 bits per heavy atom. The summed E-state index contributed by atoms with van der Waals surface area (Å²) in [6, 6.07) is -0.227. The minimum absolute atomic E-state index is 0.0722. The molecule has 2 rings (SSSR count). The number of alkyl halides is 12. The summed E-state index contributed by atoms with van der Waals surface area (Å²) < 4.78 is 154. The highest BCUT2D eigenvalue weighted by atomic mass is 19.4. The van der Waals surface area contributed by atoms with Crippen LogP contribution in [0.15, 0.2) is 36.4 Å². The van der Waals surface area contributed by atoms with Crippen molar-refractivity contribution in [3.8, 4) is 0 Å². The highest BCUT2D eigenvalue weighted by Gasteiger charge is 2.39. The Morgan fingerprint density at radius 1 is 0.379 bits per heavy atom. The molecular formula is C16H6F12N. The molecule has 1 nitrogen and oxygen atoms in total. The fraction of sp³-hybridized carbons (Fsp3) is 0.250. The summed E-state index contributed by atoms with van der Waals surface area (Å²) in [5.41, 5.74) is -9.55. The van der Waals surface area contributed by atoms with E-state index in [-0.39, 0.29) is 36.4 Å². The molecule has 159 valence electrons. The van der Waals surface area contributed by atoms with Gasteiger partial charge in [0.15, 0.2) is 0 Å². The summed E-state index contributed by atoms with van der Waals surface area (Å²) in [6.45, 7) is 0. The number of benzene rings is 2. The topological polar surface area (TPSA) is 14.1 Å². The molecule has 0 unspecified atom stereocenters. The molecule has 0 N–H and O–H groups in total. The Bertz CT molecular complexity index is 749. The lowest BCUT2D eigenvalue weighted by molar-refractivity contribution is -0.144. The van der Waals surface area contributed by atoms with Gasteiger partial charge in [-0.25, -0.2) is 5.32 Å². The van der Waals surface area contributed by atoms with E-state index in [0.29, 0.717) is 0 Å². The van der Waals surface area contributed by atoms with E-state index in [1.165, 1.54) is 0 Å². The van der Waals surface area contributed by atoms with E-state index in [2.05, 4.69) is 5.32 Å². The third-order valence-electron chi connectivity index (χ3n) is 3.40. The summed E-state index contributed by atoms with van der Waals surface area (Å²) in [5.74, 6) is 0. The Labute approximate surface area is 153 Å². The highest BCUT2D eigenvalue weighted by molar-refractivity contribution is 5.55. The maximum atomic E-state index is 12.8. The number of halogens is 12. The van der Waals surface area contributed by atoms with Gasteiger partial charge in [0, 0.05) is 0 Å². The van der Waals surface area contributed by atoms with Gasteiger partial charge in [0.25, 0.3) is 0 Å². The van der Waals surface area contributed by atoms with Gasteiger partial charge in [0.1, 0.15) is 0 Å². The van der Waals surface area contributed by atoms with Crippen molar-refractivity contribution in [2.24, 2.45) is 0 Å². The third-order valence-corrected chi connectivity index (χ3v) is 3.40. The summed E-state index contributed by atoms with van der Waals surface area (Å²) in [7, 11) is 0. The Hall–Kier alpha value is -2.60. The maximum absolute atomic E-state index is 12.8. The third kappa shape index (κ3) is 5.70. The molecule has 13 heteroatoms. The molecule has 2 aromatic carbocycles. The molecule has 2 aromatic rings. The average Bonchev–Trinajstić information content (AvgIpc) is 2.51. The van der Waals surface area contributed by atoms with Crippen LogP contribution in [0.3, 0.4) is 0 Å². The van der Waals surface area contributed by atoms with Gasteiger partial charge in [-0.1, -0.05) is 0 Å². The van der Waals surface area contributed by atoms with E-state index in [4.69, 9.17) is 0 Å². The molecule has 29 heavy (non-hydrogen) atoms. The van der Waals surface area contributed by atoms with Crippen molar-refractivity contribution in [2.45, 2.75) is 24.7 Å². The van der Waals surface area contributed by atoms with Crippen LogP contribution in [0.4, 0.5) is 64.1 Å². The second kappa shape index (κ2) is 7.02. The first-order valence-corrected chi connectivity index (χ1v) is 7.18. The van der Waals surface area contributed by atoms with E-state index < -0.39 is 58.3 Å². The van der Waals surface area contributed by atoms with Crippen LogP contribution in [-0.4, -0.2) is 0 Å². The molecule has 0 spiro atoms. The second-order valence-corrected chi connectivity index (χ2v) is 5.64. The standard InChI is InChI=1S/C16H6F12N/c17-13(18,19)7-1-8(14(20,21)22)4-11(3-7)29-12-5-9(15(23,24)25)2-10(6-12)16(26,27)28/h1-6H. The van der Waals surface area contributed by atoms with Crippen molar-refractivity contribution in [3.63, 3.8) is 0 Å². The van der Waals surface area contributed by atoms with Gasteiger partial charge in [-0.3, -0.25) is 0 Å². The van der Waals surface area contributed by atoms with Crippen molar-refractivity contribution in [2.75, 3.05) is 0 Å². The predicted octanol–water partition coefficient (Wildman–Crippen LogP) is 7.33. The van der Waals surface area contributed by atoms with Crippen molar-refractivity contribution in [3.05, 3.63) is 58.7 Å². The van der Waals surface area contributed by atoms with Crippen molar-refractivity contribution < 1.29 is 52.7 Å².